The number of benzene rings is 1. The van der Waals surface area contributed by atoms with Crippen LogP contribution in [0.5, 0.6) is 0 Å². The Morgan fingerprint density at radius 2 is 2.11 bits per heavy atom. The van der Waals surface area contributed by atoms with Crippen LogP contribution in [0.25, 0.3) is 0 Å². The van der Waals surface area contributed by atoms with Crippen molar-refractivity contribution in [3.8, 4) is 0 Å². The van der Waals surface area contributed by atoms with Crippen LogP contribution in [0.15, 0.2) is 36.5 Å². The number of carbonyl (C=O) groups is 1. The van der Waals surface area contributed by atoms with Gasteiger partial charge in [-0.1, -0.05) is 11.6 Å². The second-order valence-corrected chi connectivity index (χ2v) is 4.38. The van der Waals surface area contributed by atoms with E-state index >= 15 is 0 Å². The molecule has 1 aromatic heterocycles. The van der Waals surface area contributed by atoms with Gasteiger partial charge in [0.05, 0.1) is 11.9 Å². The van der Waals surface area contributed by atoms with Crippen LogP contribution >= 0.6 is 11.6 Å². The third-order valence-corrected chi connectivity index (χ3v) is 2.55. The predicted octanol–water partition coefficient (Wildman–Crippen LogP) is 2.88. The van der Waals surface area contributed by atoms with Crippen molar-refractivity contribution >= 4 is 29.0 Å². The minimum Gasteiger partial charge on any atom is -0.397 e. The smallest absolute Gasteiger partial charge is 0.256 e. The van der Waals surface area contributed by atoms with Crippen LogP contribution in [0.1, 0.15) is 15.9 Å². The predicted molar refractivity (Wildman–Crippen MR) is 72.8 cm³/mol. The average molecular weight is 262 g/mol. The van der Waals surface area contributed by atoms with Gasteiger partial charge in [-0.3, -0.25) is 4.79 Å². The Labute approximate surface area is 110 Å². The molecule has 92 valence electrons. The summed E-state index contributed by atoms with van der Waals surface area (Å²) in [5.74, 6) is 0.199. The monoisotopic (exact) mass is 261 g/mol. The third-order valence-electron chi connectivity index (χ3n) is 2.33. The van der Waals surface area contributed by atoms with E-state index in [9.17, 15) is 4.79 Å². The van der Waals surface area contributed by atoms with Crippen molar-refractivity contribution in [1.29, 1.82) is 0 Å². The summed E-state index contributed by atoms with van der Waals surface area (Å²) < 4.78 is 0. The van der Waals surface area contributed by atoms with E-state index in [4.69, 9.17) is 17.3 Å². The summed E-state index contributed by atoms with van der Waals surface area (Å²) in [6.07, 6.45) is 1.48. The van der Waals surface area contributed by atoms with Gasteiger partial charge in [0.1, 0.15) is 5.82 Å². The molecule has 0 bridgehead atoms. The normalized spacial score (nSPS) is 10.1. The minimum absolute atomic E-state index is 0.252. The van der Waals surface area contributed by atoms with Gasteiger partial charge in [-0.05, 0) is 42.8 Å². The molecule has 0 atom stereocenters. The van der Waals surface area contributed by atoms with Crippen molar-refractivity contribution in [2.24, 2.45) is 0 Å². The minimum atomic E-state index is -0.252. The Balaban J connectivity index is 2.19. The Hall–Kier alpha value is -2.07. The van der Waals surface area contributed by atoms with Gasteiger partial charge in [-0.2, -0.15) is 0 Å². The lowest BCUT2D eigenvalue weighted by atomic mass is 10.1. The highest BCUT2D eigenvalue weighted by Crippen LogP contribution is 2.16. The summed E-state index contributed by atoms with van der Waals surface area (Å²) in [7, 11) is 0. The highest BCUT2D eigenvalue weighted by molar-refractivity contribution is 6.31. The van der Waals surface area contributed by atoms with Crippen molar-refractivity contribution in [3.63, 3.8) is 0 Å². The van der Waals surface area contributed by atoms with E-state index in [-0.39, 0.29) is 5.91 Å². The standard InChI is InChI=1S/C13H12ClN3O/c1-8-4-9(6-10(14)5-8)13(18)17-12-3-2-11(15)7-16-12/h2-7H,15H2,1H3,(H,16,17,18). The fourth-order valence-electron chi connectivity index (χ4n) is 1.54. The van der Waals surface area contributed by atoms with Crippen LogP contribution in [0.3, 0.4) is 0 Å². The summed E-state index contributed by atoms with van der Waals surface area (Å²) in [4.78, 5) is 16.0. The molecule has 0 fully saturated rings. The van der Waals surface area contributed by atoms with Crippen LogP contribution in [0.4, 0.5) is 11.5 Å². The van der Waals surface area contributed by atoms with Crippen molar-refractivity contribution in [2.45, 2.75) is 6.92 Å². The Morgan fingerprint density at radius 1 is 1.33 bits per heavy atom. The van der Waals surface area contributed by atoms with Gasteiger partial charge < -0.3 is 11.1 Å². The molecule has 0 aliphatic heterocycles. The van der Waals surface area contributed by atoms with Gasteiger partial charge in [0, 0.05) is 10.6 Å². The topological polar surface area (TPSA) is 68.0 Å². The fourth-order valence-corrected chi connectivity index (χ4v) is 1.82. The number of nitrogens with two attached hydrogens (primary N) is 1. The zero-order valence-electron chi connectivity index (χ0n) is 9.77. The molecule has 18 heavy (non-hydrogen) atoms. The molecule has 0 aliphatic rings. The maximum atomic E-state index is 12.0. The number of hydrogen-bond acceptors (Lipinski definition) is 3. The lowest BCUT2D eigenvalue weighted by Crippen LogP contribution is -2.13. The van der Waals surface area contributed by atoms with E-state index in [1.165, 1.54) is 6.20 Å². The third kappa shape index (κ3) is 2.99. The number of hydrogen-bond donors (Lipinski definition) is 2. The van der Waals surface area contributed by atoms with E-state index in [2.05, 4.69) is 10.3 Å². The average Bonchev–Trinajstić information content (AvgIpc) is 2.31. The van der Waals surface area contributed by atoms with E-state index in [0.717, 1.165) is 5.56 Å². The number of rotatable bonds is 2. The number of nitrogens with one attached hydrogen (secondary N) is 1. The largest absolute Gasteiger partial charge is 0.397 e. The molecule has 1 aromatic carbocycles. The zero-order valence-corrected chi connectivity index (χ0v) is 10.5. The summed E-state index contributed by atoms with van der Waals surface area (Å²) in [6, 6.07) is 8.48. The first-order chi connectivity index (χ1) is 8.54. The Bertz CT molecular complexity index is 561. The maximum absolute atomic E-state index is 12.0. The molecule has 2 aromatic rings. The molecule has 0 unspecified atom stereocenters. The highest BCUT2D eigenvalue weighted by Gasteiger charge is 2.08. The molecular weight excluding hydrogens is 250 g/mol. The number of halogens is 1. The summed E-state index contributed by atoms with van der Waals surface area (Å²) >= 11 is 5.91. The first-order valence-corrected chi connectivity index (χ1v) is 5.72. The second kappa shape index (κ2) is 5.06. The molecule has 4 nitrogen and oxygen atoms in total. The highest BCUT2D eigenvalue weighted by atomic mass is 35.5. The van der Waals surface area contributed by atoms with Gasteiger partial charge in [-0.25, -0.2) is 4.98 Å². The molecule has 0 saturated carbocycles. The number of anilines is 2. The molecule has 0 spiro atoms. The number of nitrogen functional groups attached to an aromatic ring is 1. The van der Waals surface area contributed by atoms with Crippen molar-refractivity contribution < 1.29 is 4.79 Å². The summed E-state index contributed by atoms with van der Waals surface area (Å²) in [6.45, 7) is 1.88. The lowest BCUT2D eigenvalue weighted by molar-refractivity contribution is 0.102. The van der Waals surface area contributed by atoms with E-state index < -0.39 is 0 Å². The first kappa shape index (κ1) is 12.4. The number of aryl methyl sites for hydroxylation is 1. The van der Waals surface area contributed by atoms with Crippen LogP contribution in [0, 0.1) is 6.92 Å². The molecule has 1 heterocycles. The lowest BCUT2D eigenvalue weighted by Gasteiger charge is -2.06. The second-order valence-electron chi connectivity index (χ2n) is 3.95. The Morgan fingerprint density at radius 3 is 2.72 bits per heavy atom. The van der Waals surface area contributed by atoms with Gasteiger partial charge >= 0.3 is 0 Å². The summed E-state index contributed by atoms with van der Waals surface area (Å²) in [5.41, 5.74) is 7.49. The Kier molecular flexibility index (Phi) is 3.48. The molecule has 0 aliphatic carbocycles. The van der Waals surface area contributed by atoms with Crippen molar-refractivity contribution in [3.05, 3.63) is 52.7 Å². The SMILES string of the molecule is Cc1cc(Cl)cc(C(=O)Nc2ccc(N)cn2)c1. The van der Waals surface area contributed by atoms with Crippen molar-refractivity contribution in [1.82, 2.24) is 4.98 Å². The fraction of sp³-hybridized carbons (Fsp3) is 0.0769. The van der Waals surface area contributed by atoms with Crippen LogP contribution < -0.4 is 11.1 Å². The molecule has 3 N–H and O–H groups in total. The van der Waals surface area contributed by atoms with E-state index in [0.29, 0.717) is 22.1 Å². The van der Waals surface area contributed by atoms with E-state index in [1.807, 2.05) is 6.92 Å². The molecular formula is C13H12ClN3O. The van der Waals surface area contributed by atoms with Crippen LogP contribution in [-0.2, 0) is 0 Å². The molecule has 1 amide bonds. The van der Waals surface area contributed by atoms with Gasteiger partial charge in [-0.15, -0.1) is 0 Å². The zero-order chi connectivity index (χ0) is 13.1. The number of pyridine rings is 1. The molecule has 0 radical (unpaired) electrons. The van der Waals surface area contributed by atoms with Gasteiger partial charge in [0.2, 0.25) is 0 Å². The van der Waals surface area contributed by atoms with Crippen LogP contribution in [0.2, 0.25) is 5.02 Å². The molecule has 5 heteroatoms. The summed E-state index contributed by atoms with van der Waals surface area (Å²) in [5, 5.41) is 3.21. The number of carbonyl (C=O) groups excluding carboxylic acids is 1. The number of aromatic nitrogens is 1. The van der Waals surface area contributed by atoms with Crippen LogP contribution in [-0.4, -0.2) is 10.9 Å². The quantitative estimate of drug-likeness (QED) is 0.873. The van der Waals surface area contributed by atoms with Crippen molar-refractivity contribution in [2.75, 3.05) is 11.1 Å². The molecule has 2 rings (SSSR count). The number of nitrogens with zero attached hydrogens (tertiary/aromatic N) is 1. The van der Waals surface area contributed by atoms with Gasteiger partial charge in [0.25, 0.3) is 5.91 Å². The number of amides is 1. The first-order valence-electron chi connectivity index (χ1n) is 5.34. The van der Waals surface area contributed by atoms with Gasteiger partial charge in [0.15, 0.2) is 0 Å². The van der Waals surface area contributed by atoms with E-state index in [1.54, 1.807) is 30.3 Å². The maximum Gasteiger partial charge on any atom is 0.256 e. The molecule has 0 saturated heterocycles.